The van der Waals surface area contributed by atoms with Gasteiger partial charge in [-0.2, -0.15) is 0 Å². The molecule has 1 rings (SSSR count). The van der Waals surface area contributed by atoms with E-state index in [0.717, 1.165) is 0 Å². The zero-order valence-corrected chi connectivity index (χ0v) is 8.97. The van der Waals surface area contributed by atoms with Crippen molar-refractivity contribution >= 4 is 11.9 Å². The van der Waals surface area contributed by atoms with Crippen molar-refractivity contribution in [1.29, 1.82) is 0 Å². The van der Waals surface area contributed by atoms with Crippen molar-refractivity contribution in [3.05, 3.63) is 48.0 Å². The molecule has 1 N–H and O–H groups in total. The maximum atomic E-state index is 10.1. The van der Waals surface area contributed by atoms with Gasteiger partial charge in [0, 0.05) is 5.57 Å². The smallest absolute Gasteiger partial charge is 0.386 e. The summed E-state index contributed by atoms with van der Waals surface area (Å²) in [7, 11) is 0. The molecule has 4 heteroatoms. The number of benzene rings is 1. The standard InChI is InChI=1S/C7H5O2.C5H8O2/c8-7(9)6-4-2-1-3-5-6;1-3-4(2)5(6)7/h1-5H;2-3H2,1H3,(H,6,7). The minimum Gasteiger partial charge on any atom is -0.478 e. The summed E-state index contributed by atoms with van der Waals surface area (Å²) in [6.07, 6.45) is 0.523. The quantitative estimate of drug-likeness (QED) is 0.795. The zero-order chi connectivity index (χ0) is 12.6. The average molecular weight is 221 g/mol. The number of carbonyl (C=O) groups is 2. The summed E-state index contributed by atoms with van der Waals surface area (Å²) in [5.41, 5.74) is 0.484. The van der Waals surface area contributed by atoms with Crippen LogP contribution >= 0.6 is 0 Å². The molecule has 0 aliphatic heterocycles. The van der Waals surface area contributed by atoms with Gasteiger partial charge in [-0.25, -0.2) is 14.7 Å². The van der Waals surface area contributed by atoms with Crippen molar-refractivity contribution in [2.24, 2.45) is 0 Å². The molecule has 4 nitrogen and oxygen atoms in total. The van der Waals surface area contributed by atoms with E-state index >= 15 is 0 Å². The highest BCUT2D eigenvalue weighted by Crippen LogP contribution is 1.96. The Morgan fingerprint density at radius 2 is 1.75 bits per heavy atom. The molecular weight excluding hydrogens is 208 g/mol. The summed E-state index contributed by atoms with van der Waals surface area (Å²) in [5, 5.41) is 18.2. The van der Waals surface area contributed by atoms with Gasteiger partial charge in [0.15, 0.2) is 0 Å². The van der Waals surface area contributed by atoms with Gasteiger partial charge in [0.2, 0.25) is 0 Å². The Hall–Kier alpha value is -2.10. The van der Waals surface area contributed by atoms with E-state index in [2.05, 4.69) is 6.58 Å². The van der Waals surface area contributed by atoms with Crippen LogP contribution in [0.3, 0.4) is 0 Å². The first-order chi connectivity index (χ1) is 7.49. The fourth-order valence-corrected chi connectivity index (χ4v) is 0.725. The number of hydrogen-bond donors (Lipinski definition) is 1. The van der Waals surface area contributed by atoms with Gasteiger partial charge in [-0.3, -0.25) is 0 Å². The third kappa shape index (κ3) is 5.59. The van der Waals surface area contributed by atoms with Crippen LogP contribution in [-0.4, -0.2) is 17.0 Å². The van der Waals surface area contributed by atoms with E-state index < -0.39 is 11.9 Å². The Morgan fingerprint density at radius 1 is 1.25 bits per heavy atom. The Bertz CT molecular complexity index is 368. The van der Waals surface area contributed by atoms with Crippen LogP contribution in [-0.2, 0) is 9.90 Å². The molecule has 0 atom stereocenters. The van der Waals surface area contributed by atoms with Gasteiger partial charge in [-0.1, -0.05) is 31.7 Å². The monoisotopic (exact) mass is 221 g/mol. The zero-order valence-electron chi connectivity index (χ0n) is 8.97. The third-order valence-corrected chi connectivity index (χ3v) is 1.74. The Morgan fingerprint density at radius 3 is 1.94 bits per heavy atom. The van der Waals surface area contributed by atoms with Crippen molar-refractivity contribution in [2.45, 2.75) is 13.3 Å². The van der Waals surface area contributed by atoms with Crippen molar-refractivity contribution in [2.75, 3.05) is 0 Å². The number of carboxylic acid groups (broad SMARTS) is 1. The first-order valence-corrected chi connectivity index (χ1v) is 4.66. The van der Waals surface area contributed by atoms with E-state index in [0.29, 0.717) is 6.42 Å². The molecule has 0 aliphatic carbocycles. The van der Waals surface area contributed by atoms with Gasteiger partial charge in [0.1, 0.15) is 0 Å². The predicted molar refractivity (Wildman–Crippen MR) is 58.5 cm³/mol. The van der Waals surface area contributed by atoms with Crippen LogP contribution in [0.15, 0.2) is 42.5 Å². The summed E-state index contributed by atoms with van der Waals surface area (Å²) >= 11 is 0. The highest BCUT2D eigenvalue weighted by molar-refractivity contribution is 5.87. The van der Waals surface area contributed by atoms with E-state index in [1.54, 1.807) is 25.1 Å². The van der Waals surface area contributed by atoms with E-state index in [1.165, 1.54) is 12.1 Å². The first-order valence-electron chi connectivity index (χ1n) is 4.66. The van der Waals surface area contributed by atoms with Gasteiger partial charge >= 0.3 is 11.9 Å². The SMILES string of the molecule is C=C(CC)C(=O)O.[O]C(=O)c1ccccc1. The lowest BCUT2D eigenvalue weighted by atomic mass is 10.2. The number of carbonyl (C=O) groups excluding carboxylic acids is 1. The van der Waals surface area contributed by atoms with Crippen molar-refractivity contribution < 1.29 is 19.8 Å². The molecule has 0 heterocycles. The second-order valence-electron chi connectivity index (χ2n) is 2.92. The highest BCUT2D eigenvalue weighted by Gasteiger charge is 2.00. The van der Waals surface area contributed by atoms with Crippen molar-refractivity contribution in [3.63, 3.8) is 0 Å². The minimum atomic E-state index is -1.13. The molecule has 0 aliphatic rings. The van der Waals surface area contributed by atoms with Crippen LogP contribution in [0, 0.1) is 0 Å². The topological polar surface area (TPSA) is 74.3 Å². The van der Waals surface area contributed by atoms with Crippen LogP contribution in [0.4, 0.5) is 0 Å². The largest absolute Gasteiger partial charge is 0.478 e. The summed E-state index contributed by atoms with van der Waals surface area (Å²) in [5.74, 6) is -2.03. The predicted octanol–water partition coefficient (Wildman–Crippen LogP) is 2.29. The molecular formula is C12H13O4. The maximum Gasteiger partial charge on any atom is 0.386 e. The Labute approximate surface area is 93.8 Å². The molecule has 1 radical (unpaired) electrons. The second kappa shape index (κ2) is 7.23. The lowest BCUT2D eigenvalue weighted by Gasteiger charge is -1.87. The summed E-state index contributed by atoms with van der Waals surface area (Å²) in [6, 6.07) is 8.06. The second-order valence-corrected chi connectivity index (χ2v) is 2.92. The number of hydrogen-bond acceptors (Lipinski definition) is 2. The van der Waals surface area contributed by atoms with Crippen molar-refractivity contribution in [1.82, 2.24) is 0 Å². The van der Waals surface area contributed by atoms with E-state index in [-0.39, 0.29) is 11.1 Å². The van der Waals surface area contributed by atoms with Crippen molar-refractivity contribution in [3.8, 4) is 0 Å². The molecule has 0 spiro atoms. The summed E-state index contributed by atoms with van der Waals surface area (Å²) < 4.78 is 0. The molecule has 0 fully saturated rings. The van der Waals surface area contributed by atoms with Gasteiger partial charge in [0.05, 0.1) is 5.56 Å². The molecule has 1 aromatic carbocycles. The van der Waals surface area contributed by atoms with Gasteiger partial charge in [-0.15, -0.1) is 0 Å². The molecule has 0 saturated heterocycles. The number of aliphatic carboxylic acids is 1. The molecule has 0 saturated carbocycles. The molecule has 85 valence electrons. The third-order valence-electron chi connectivity index (χ3n) is 1.74. The molecule has 1 aromatic rings. The first kappa shape index (κ1) is 13.9. The lowest BCUT2D eigenvalue weighted by Crippen LogP contribution is -1.95. The van der Waals surface area contributed by atoms with Gasteiger partial charge in [0.25, 0.3) is 0 Å². The van der Waals surface area contributed by atoms with E-state index in [4.69, 9.17) is 5.11 Å². The Kier molecular flexibility index (Phi) is 6.28. The minimum absolute atomic E-state index is 0.220. The molecule has 0 unspecified atom stereocenters. The number of rotatable bonds is 3. The highest BCUT2D eigenvalue weighted by atomic mass is 16.4. The van der Waals surface area contributed by atoms with Crippen LogP contribution < -0.4 is 0 Å². The van der Waals surface area contributed by atoms with E-state index in [1.807, 2.05) is 0 Å². The molecule has 16 heavy (non-hydrogen) atoms. The van der Waals surface area contributed by atoms with Crippen LogP contribution in [0.5, 0.6) is 0 Å². The maximum absolute atomic E-state index is 10.1. The van der Waals surface area contributed by atoms with E-state index in [9.17, 15) is 14.7 Å². The number of carboxylic acids is 1. The van der Waals surface area contributed by atoms with Gasteiger partial charge < -0.3 is 5.11 Å². The fraction of sp³-hybridized carbons (Fsp3) is 0.167. The molecule has 0 aromatic heterocycles. The Balaban J connectivity index is 0.000000293. The van der Waals surface area contributed by atoms with Crippen LogP contribution in [0.2, 0.25) is 0 Å². The summed E-state index contributed by atoms with van der Waals surface area (Å²) in [4.78, 5) is 19.9. The van der Waals surface area contributed by atoms with Crippen LogP contribution in [0.1, 0.15) is 23.7 Å². The normalized spacial score (nSPS) is 8.56. The lowest BCUT2D eigenvalue weighted by molar-refractivity contribution is -0.132. The van der Waals surface area contributed by atoms with Gasteiger partial charge in [-0.05, 0) is 18.6 Å². The fourth-order valence-electron chi connectivity index (χ4n) is 0.725. The molecule has 0 bridgehead atoms. The molecule has 0 amide bonds. The average Bonchev–Trinajstić information content (AvgIpc) is 2.29. The van der Waals surface area contributed by atoms with Crippen LogP contribution in [0.25, 0.3) is 0 Å². The summed E-state index contributed by atoms with van der Waals surface area (Å²) in [6.45, 7) is 5.03.